The Bertz CT molecular complexity index is 2190. The van der Waals surface area contributed by atoms with Gasteiger partial charge in [0.15, 0.2) is 0 Å². The molecule has 0 saturated heterocycles. The van der Waals surface area contributed by atoms with Gasteiger partial charge in [-0.15, -0.1) is 12.4 Å². The molecular weight excluding hydrogens is 676 g/mol. The van der Waals surface area contributed by atoms with Gasteiger partial charge in [-0.1, -0.05) is 121 Å². The molecule has 0 saturated carbocycles. The van der Waals surface area contributed by atoms with Crippen LogP contribution in [0.4, 0.5) is 0 Å². The molecule has 0 amide bonds. The minimum absolute atomic E-state index is 0. The topological polar surface area (TPSA) is 57.4 Å². The number of halogens is 1. The molecule has 0 spiro atoms. The number of fused-ring (bicyclic) bond motifs is 8. The summed E-state index contributed by atoms with van der Waals surface area (Å²) >= 11 is 0. The molecule has 2 aliphatic rings. The van der Waals surface area contributed by atoms with Crippen molar-refractivity contribution in [2.24, 2.45) is 0 Å². The fourth-order valence-corrected chi connectivity index (χ4v) is 6.84. The average Bonchev–Trinajstić information content (AvgIpc) is 3.98. The van der Waals surface area contributed by atoms with Crippen LogP contribution in [0.3, 0.4) is 0 Å². The van der Waals surface area contributed by atoms with E-state index in [9.17, 15) is 0 Å². The third-order valence-corrected chi connectivity index (χ3v) is 9.00. The minimum Gasteiger partial charge on any atom is -0.354 e. The van der Waals surface area contributed by atoms with E-state index in [1.54, 1.807) is 0 Å². The number of nitrogens with one attached hydrogen (secondary N) is 2. The van der Waals surface area contributed by atoms with Crippen molar-refractivity contribution >= 4 is 58.8 Å². The van der Waals surface area contributed by atoms with Crippen molar-refractivity contribution in [3.63, 3.8) is 0 Å². The summed E-state index contributed by atoms with van der Waals surface area (Å²) in [6, 6.07) is 50.7. The second-order valence-electron chi connectivity index (χ2n) is 12.0. The summed E-state index contributed by atoms with van der Waals surface area (Å²) in [6.45, 7) is 0. The number of aromatic nitrogens is 4. The van der Waals surface area contributed by atoms with Crippen LogP contribution in [0.15, 0.2) is 146 Å². The first-order chi connectivity index (χ1) is 23.8. The molecule has 0 fully saturated rings. The summed E-state index contributed by atoms with van der Waals surface area (Å²) < 4.78 is 0. The number of hydrogen-bond donors (Lipinski definition) is 2. The van der Waals surface area contributed by atoms with E-state index >= 15 is 0 Å². The Morgan fingerprint density at radius 2 is 0.520 bits per heavy atom. The van der Waals surface area contributed by atoms with Gasteiger partial charge >= 0.3 is 0 Å². The SMILES string of the molecule is C1=Cc2nc1c(-c1ccccc1)c1ccc([nH]1)c(-c1ccccc1)c1nc(c(-c3ccccc3)c3ccc([nH]3)c2-c2ccccc2)C=C1.Cl.[Fe]. The number of benzene rings is 4. The van der Waals surface area contributed by atoms with Crippen LogP contribution in [-0.2, 0) is 17.1 Å². The van der Waals surface area contributed by atoms with E-state index in [0.717, 1.165) is 89.4 Å². The van der Waals surface area contributed by atoms with Gasteiger partial charge in [0, 0.05) is 61.4 Å². The van der Waals surface area contributed by atoms with Gasteiger partial charge in [-0.2, -0.15) is 0 Å². The van der Waals surface area contributed by atoms with Gasteiger partial charge in [-0.05, 0) is 70.8 Å². The third kappa shape index (κ3) is 5.93. The Labute approximate surface area is 307 Å². The van der Waals surface area contributed by atoms with Crippen molar-refractivity contribution in [1.82, 2.24) is 19.9 Å². The van der Waals surface area contributed by atoms with E-state index < -0.39 is 0 Å². The Kier molecular flexibility index (Phi) is 9.21. The van der Waals surface area contributed by atoms with Gasteiger partial charge in [0.05, 0.1) is 22.8 Å². The van der Waals surface area contributed by atoms with Gasteiger partial charge in [0.25, 0.3) is 0 Å². The van der Waals surface area contributed by atoms with Crippen LogP contribution in [0.25, 0.3) is 90.9 Å². The molecule has 9 rings (SSSR count). The van der Waals surface area contributed by atoms with Crippen molar-refractivity contribution in [2.45, 2.75) is 0 Å². The molecule has 3 aromatic heterocycles. The van der Waals surface area contributed by atoms with Gasteiger partial charge in [-0.25, -0.2) is 9.97 Å². The fraction of sp³-hybridized carbons (Fsp3) is 0. The molecule has 50 heavy (non-hydrogen) atoms. The molecule has 2 aliphatic heterocycles. The predicted octanol–water partition coefficient (Wildman–Crippen LogP) is 11.7. The first-order valence-corrected chi connectivity index (χ1v) is 16.2. The number of nitrogens with zero attached hydrogens (tertiary/aromatic N) is 2. The van der Waals surface area contributed by atoms with E-state index in [-0.39, 0.29) is 29.5 Å². The van der Waals surface area contributed by atoms with Crippen LogP contribution in [0.5, 0.6) is 0 Å². The first-order valence-electron chi connectivity index (χ1n) is 16.2. The molecule has 242 valence electrons. The van der Waals surface area contributed by atoms with Crippen LogP contribution in [0.2, 0.25) is 0 Å². The fourth-order valence-electron chi connectivity index (χ4n) is 6.84. The largest absolute Gasteiger partial charge is 0.354 e. The van der Waals surface area contributed by atoms with E-state index in [1.165, 1.54) is 0 Å². The molecule has 5 heterocycles. The molecule has 6 heteroatoms. The quantitative estimate of drug-likeness (QED) is 0.179. The maximum absolute atomic E-state index is 5.35. The second-order valence-corrected chi connectivity index (χ2v) is 12.0. The zero-order valence-corrected chi connectivity index (χ0v) is 28.7. The number of hydrogen-bond acceptors (Lipinski definition) is 2. The zero-order valence-electron chi connectivity index (χ0n) is 26.8. The van der Waals surface area contributed by atoms with Crippen LogP contribution >= 0.6 is 12.4 Å². The summed E-state index contributed by atoms with van der Waals surface area (Å²) in [7, 11) is 0. The Morgan fingerprint density at radius 3 is 0.740 bits per heavy atom. The standard InChI is InChI=1S/C44H30N4.ClH.Fe/c1-5-13-29(14-6-1)41-33-21-23-35(45-33)42(30-15-7-2-8-16-30)37-25-27-39(47-37)44(32-19-11-4-12-20-32)40-28-26-38(48-40)43(31-17-9-3-10-18-31)36-24-22-34(41)46-36;;/h1-28,45,48H;1H;. The minimum atomic E-state index is 0. The Hall–Kier alpha value is -5.71. The Balaban J connectivity index is 0.00000196. The monoisotopic (exact) mass is 706 g/mol. The summed E-state index contributed by atoms with van der Waals surface area (Å²) in [5.74, 6) is 0. The normalized spacial score (nSPS) is 11.5. The summed E-state index contributed by atoms with van der Waals surface area (Å²) in [5.41, 5.74) is 16.2. The maximum Gasteiger partial charge on any atom is 0.0737 e. The molecule has 7 aromatic rings. The molecule has 0 unspecified atom stereocenters. The molecule has 2 N–H and O–H groups in total. The van der Waals surface area contributed by atoms with Crippen LogP contribution in [0.1, 0.15) is 22.8 Å². The van der Waals surface area contributed by atoms with E-state index in [1.807, 2.05) is 24.3 Å². The van der Waals surface area contributed by atoms with Crippen molar-refractivity contribution < 1.29 is 17.1 Å². The second kappa shape index (κ2) is 14.0. The van der Waals surface area contributed by atoms with Crippen molar-refractivity contribution in [2.75, 3.05) is 0 Å². The molecular formula is C44H31ClFeN4. The first kappa shape index (κ1) is 32.8. The number of aromatic amines is 2. The van der Waals surface area contributed by atoms with E-state index in [0.29, 0.717) is 0 Å². The van der Waals surface area contributed by atoms with Gasteiger partial charge in [-0.3, -0.25) is 0 Å². The van der Waals surface area contributed by atoms with Gasteiger partial charge in [0.2, 0.25) is 0 Å². The maximum atomic E-state index is 5.35. The summed E-state index contributed by atoms with van der Waals surface area (Å²) in [5, 5.41) is 0. The van der Waals surface area contributed by atoms with Crippen molar-refractivity contribution in [3.8, 4) is 44.5 Å². The average molecular weight is 707 g/mol. The van der Waals surface area contributed by atoms with Crippen LogP contribution < -0.4 is 0 Å². The molecule has 4 aromatic carbocycles. The Morgan fingerprint density at radius 1 is 0.300 bits per heavy atom. The van der Waals surface area contributed by atoms with Gasteiger partial charge < -0.3 is 9.97 Å². The van der Waals surface area contributed by atoms with Crippen molar-refractivity contribution in [1.29, 1.82) is 0 Å². The molecule has 4 nitrogen and oxygen atoms in total. The zero-order chi connectivity index (χ0) is 31.9. The van der Waals surface area contributed by atoms with Gasteiger partial charge in [0.1, 0.15) is 0 Å². The number of rotatable bonds is 4. The van der Waals surface area contributed by atoms with Crippen molar-refractivity contribution in [3.05, 3.63) is 168 Å². The summed E-state index contributed by atoms with van der Waals surface area (Å²) in [6.07, 6.45) is 8.54. The van der Waals surface area contributed by atoms with Crippen LogP contribution in [0, 0.1) is 0 Å². The van der Waals surface area contributed by atoms with E-state index in [2.05, 4.69) is 156 Å². The summed E-state index contributed by atoms with van der Waals surface area (Å²) in [4.78, 5) is 18.3. The molecule has 0 atom stereocenters. The predicted molar refractivity (Wildman–Crippen MR) is 208 cm³/mol. The molecule has 0 radical (unpaired) electrons. The smallest absolute Gasteiger partial charge is 0.0737 e. The number of H-pyrrole nitrogens is 2. The van der Waals surface area contributed by atoms with Crippen LogP contribution in [-0.4, -0.2) is 19.9 Å². The third-order valence-electron chi connectivity index (χ3n) is 9.00. The molecule has 0 aliphatic carbocycles. The molecule has 8 bridgehead atoms. The van der Waals surface area contributed by atoms with E-state index in [4.69, 9.17) is 9.97 Å².